The van der Waals surface area contributed by atoms with Crippen LogP contribution in [-0.2, 0) is 5.41 Å². The van der Waals surface area contributed by atoms with Crippen molar-refractivity contribution >= 4 is 32.3 Å². The zero-order chi connectivity index (χ0) is 38.1. The number of fused-ring (bicyclic) bond motifs is 7. The van der Waals surface area contributed by atoms with Crippen LogP contribution in [0.25, 0.3) is 99.6 Å². The van der Waals surface area contributed by atoms with Gasteiger partial charge in [-0.2, -0.15) is 0 Å². The highest BCUT2D eigenvalue weighted by Crippen LogP contribution is 2.52. The molecule has 0 atom stereocenters. The lowest BCUT2D eigenvalue weighted by atomic mass is 9.82. The van der Waals surface area contributed by atoms with Crippen molar-refractivity contribution in [2.75, 3.05) is 0 Å². The lowest BCUT2D eigenvalue weighted by Crippen LogP contribution is -2.14. The molecule has 9 aromatic carbocycles. The van der Waals surface area contributed by atoms with E-state index in [1.807, 2.05) is 6.07 Å². The van der Waals surface area contributed by atoms with E-state index in [4.69, 9.17) is 9.97 Å². The Morgan fingerprint density at radius 1 is 0.333 bits per heavy atom. The lowest BCUT2D eigenvalue weighted by molar-refractivity contribution is 0.661. The minimum absolute atomic E-state index is 0.0592. The van der Waals surface area contributed by atoms with Crippen molar-refractivity contribution in [3.05, 3.63) is 205 Å². The molecule has 10 aromatic rings. The largest absolute Gasteiger partial charge is 0.228 e. The van der Waals surface area contributed by atoms with Gasteiger partial charge in [0.2, 0.25) is 0 Å². The highest BCUT2D eigenvalue weighted by molar-refractivity contribution is 6.05. The third-order valence-electron chi connectivity index (χ3n) is 12.1. The molecule has 0 unspecified atom stereocenters. The monoisotopic (exact) mass is 726 g/mol. The number of hydrogen-bond acceptors (Lipinski definition) is 2. The third kappa shape index (κ3) is 5.48. The summed E-state index contributed by atoms with van der Waals surface area (Å²) in [7, 11) is 0. The molecule has 1 aromatic heterocycles. The molecule has 0 saturated carbocycles. The van der Waals surface area contributed by atoms with Crippen molar-refractivity contribution in [2.45, 2.75) is 19.3 Å². The average molecular weight is 727 g/mol. The topological polar surface area (TPSA) is 25.8 Å². The Morgan fingerprint density at radius 3 is 1.74 bits per heavy atom. The van der Waals surface area contributed by atoms with Gasteiger partial charge in [-0.15, -0.1) is 0 Å². The summed E-state index contributed by atoms with van der Waals surface area (Å²) in [5, 5.41) is 7.30. The van der Waals surface area contributed by atoms with Gasteiger partial charge >= 0.3 is 0 Å². The molecule has 1 aliphatic carbocycles. The van der Waals surface area contributed by atoms with Crippen LogP contribution in [-0.4, -0.2) is 9.97 Å². The molecule has 0 radical (unpaired) electrons. The van der Waals surface area contributed by atoms with Gasteiger partial charge in [-0.25, -0.2) is 9.97 Å². The van der Waals surface area contributed by atoms with Crippen LogP contribution in [0, 0.1) is 0 Å². The molecule has 1 aliphatic rings. The second-order valence-electron chi connectivity index (χ2n) is 15.8. The van der Waals surface area contributed by atoms with E-state index >= 15 is 0 Å². The fourth-order valence-corrected chi connectivity index (χ4v) is 9.14. The fourth-order valence-electron chi connectivity index (χ4n) is 9.14. The van der Waals surface area contributed by atoms with Crippen LogP contribution in [0.5, 0.6) is 0 Å². The molecule has 0 fully saturated rings. The van der Waals surface area contributed by atoms with Gasteiger partial charge in [-0.05, 0) is 107 Å². The molecule has 2 nitrogen and oxygen atoms in total. The van der Waals surface area contributed by atoms with Gasteiger partial charge < -0.3 is 0 Å². The summed E-state index contributed by atoms with van der Waals surface area (Å²) in [6, 6.07) is 70.2. The van der Waals surface area contributed by atoms with Crippen molar-refractivity contribution < 1.29 is 0 Å². The molecule has 2 heteroatoms. The molecule has 0 bridgehead atoms. The second kappa shape index (κ2) is 13.0. The Labute approximate surface area is 332 Å². The zero-order valence-electron chi connectivity index (χ0n) is 31.9. The summed E-state index contributed by atoms with van der Waals surface area (Å²) in [4.78, 5) is 10.5. The maximum atomic E-state index is 5.28. The van der Waals surface area contributed by atoms with Gasteiger partial charge in [0, 0.05) is 22.1 Å². The predicted molar refractivity (Wildman–Crippen MR) is 239 cm³/mol. The van der Waals surface area contributed by atoms with Gasteiger partial charge in [0.1, 0.15) is 0 Å². The molecule has 0 N–H and O–H groups in total. The van der Waals surface area contributed by atoms with Crippen molar-refractivity contribution in [3.63, 3.8) is 0 Å². The van der Waals surface area contributed by atoms with E-state index in [1.165, 1.54) is 71.4 Å². The van der Waals surface area contributed by atoms with E-state index in [0.29, 0.717) is 5.82 Å². The van der Waals surface area contributed by atoms with E-state index in [0.717, 1.165) is 33.5 Å². The van der Waals surface area contributed by atoms with Gasteiger partial charge in [-0.3, -0.25) is 0 Å². The predicted octanol–water partition coefficient (Wildman–Crippen LogP) is 14.6. The highest BCUT2D eigenvalue weighted by Gasteiger charge is 2.36. The number of aromatic nitrogens is 2. The number of nitrogens with zero attached hydrogens (tertiary/aromatic N) is 2. The minimum Gasteiger partial charge on any atom is -0.228 e. The molecular weight excluding hydrogens is 689 g/mol. The molecule has 1 heterocycles. The maximum absolute atomic E-state index is 5.28. The van der Waals surface area contributed by atoms with Crippen molar-refractivity contribution in [1.29, 1.82) is 0 Å². The van der Waals surface area contributed by atoms with Crippen LogP contribution >= 0.6 is 0 Å². The Kier molecular flexibility index (Phi) is 7.55. The van der Waals surface area contributed by atoms with Crippen LogP contribution in [0.15, 0.2) is 194 Å². The highest BCUT2D eigenvalue weighted by atomic mass is 14.9. The van der Waals surface area contributed by atoms with Crippen LogP contribution in [0.1, 0.15) is 25.0 Å². The number of hydrogen-bond donors (Lipinski definition) is 0. The Morgan fingerprint density at radius 2 is 0.912 bits per heavy atom. The van der Waals surface area contributed by atoms with E-state index in [1.54, 1.807) is 0 Å². The summed E-state index contributed by atoms with van der Waals surface area (Å²) < 4.78 is 0. The zero-order valence-corrected chi connectivity index (χ0v) is 31.9. The molecule has 268 valence electrons. The van der Waals surface area contributed by atoms with Crippen molar-refractivity contribution in [3.8, 4) is 67.3 Å². The smallest absolute Gasteiger partial charge is 0.161 e. The summed E-state index contributed by atoms with van der Waals surface area (Å²) >= 11 is 0. The quantitative estimate of drug-likeness (QED) is 0.176. The first-order valence-electron chi connectivity index (χ1n) is 19.7. The van der Waals surface area contributed by atoms with Crippen molar-refractivity contribution in [2.24, 2.45) is 0 Å². The van der Waals surface area contributed by atoms with E-state index in [2.05, 4.69) is 202 Å². The van der Waals surface area contributed by atoms with Crippen LogP contribution in [0.3, 0.4) is 0 Å². The molecule has 0 saturated heterocycles. The van der Waals surface area contributed by atoms with Gasteiger partial charge in [-0.1, -0.05) is 178 Å². The van der Waals surface area contributed by atoms with Crippen LogP contribution in [0.4, 0.5) is 0 Å². The first-order valence-corrected chi connectivity index (χ1v) is 19.7. The summed E-state index contributed by atoms with van der Waals surface area (Å²) in [6.45, 7) is 4.71. The summed E-state index contributed by atoms with van der Waals surface area (Å²) in [5.41, 5.74) is 15.2. The first-order chi connectivity index (χ1) is 28.0. The molecule has 0 spiro atoms. The Bertz CT molecular complexity index is 3210. The van der Waals surface area contributed by atoms with Gasteiger partial charge in [0.05, 0.1) is 11.4 Å². The normalized spacial score (nSPS) is 12.9. The number of rotatable bonds is 5. The minimum atomic E-state index is -0.0592. The Hall–Kier alpha value is -7.16. The maximum Gasteiger partial charge on any atom is 0.161 e. The van der Waals surface area contributed by atoms with Crippen LogP contribution in [0.2, 0.25) is 0 Å². The fraction of sp³-hybridized carbons (Fsp3) is 0.0545. The molecule has 0 amide bonds. The van der Waals surface area contributed by atoms with E-state index < -0.39 is 0 Å². The van der Waals surface area contributed by atoms with Crippen LogP contribution < -0.4 is 0 Å². The first kappa shape index (κ1) is 33.2. The lowest BCUT2D eigenvalue weighted by Gasteiger charge is -2.21. The Balaban J connectivity index is 1.03. The third-order valence-corrected chi connectivity index (χ3v) is 12.1. The van der Waals surface area contributed by atoms with Crippen molar-refractivity contribution in [1.82, 2.24) is 9.97 Å². The molecule has 0 aliphatic heterocycles. The van der Waals surface area contributed by atoms with Gasteiger partial charge in [0.25, 0.3) is 0 Å². The number of benzene rings is 9. The van der Waals surface area contributed by atoms with E-state index in [9.17, 15) is 0 Å². The molecule has 11 rings (SSSR count). The standard InChI is InChI=1S/C55H38N2/c1-55(2)49-29-26-40(33-48(49)53-44-20-9-8-14-36(44)25-30-50(53)55)39-18-12-19-41(31-39)43-27-28-47(46-22-11-10-21-45(43)46)54-56-51(37-15-4-3-5-16-37)34-52(57-54)42-24-23-35-13-6-7-17-38(35)32-42/h3-34H,1-2H3. The average Bonchev–Trinajstić information content (AvgIpc) is 3.51. The molecule has 57 heavy (non-hydrogen) atoms. The van der Waals surface area contributed by atoms with E-state index in [-0.39, 0.29) is 5.41 Å². The summed E-state index contributed by atoms with van der Waals surface area (Å²) in [6.07, 6.45) is 0. The SMILES string of the molecule is CC1(C)c2ccc(-c3cccc(-c4ccc(-c5nc(-c6ccccc6)cc(-c6ccc7ccccc7c6)n5)c5ccccc45)c3)cc2-c2c1ccc1ccccc21. The summed E-state index contributed by atoms with van der Waals surface area (Å²) in [5.74, 6) is 0.713. The van der Waals surface area contributed by atoms with Gasteiger partial charge in [0.15, 0.2) is 5.82 Å². The second-order valence-corrected chi connectivity index (χ2v) is 15.8. The molecular formula is C55H38N2.